The normalized spacial score (nSPS) is 14.9. The molecule has 0 bridgehead atoms. The number of ether oxygens (including phenoxy) is 1. The summed E-state index contributed by atoms with van der Waals surface area (Å²) < 4.78 is 5.75. The first-order valence-electron chi connectivity index (χ1n) is 9.32. The molecule has 0 radical (unpaired) electrons. The van der Waals surface area contributed by atoms with Gasteiger partial charge in [0.25, 0.3) is 5.91 Å². The van der Waals surface area contributed by atoms with E-state index in [9.17, 15) is 4.79 Å². The SMILES string of the molecule is CCOc1ccccc1N1CC[NH+](CC(=O)Nc2cccc(C)c2)CC1. The number of piperazine rings is 1. The van der Waals surface area contributed by atoms with E-state index in [0.29, 0.717) is 13.2 Å². The molecule has 0 unspecified atom stereocenters. The van der Waals surface area contributed by atoms with Crippen molar-refractivity contribution in [3.8, 4) is 5.75 Å². The van der Waals surface area contributed by atoms with Crippen LogP contribution < -0.4 is 19.9 Å². The summed E-state index contributed by atoms with van der Waals surface area (Å²) in [6, 6.07) is 16.1. The zero-order valence-electron chi connectivity index (χ0n) is 15.6. The van der Waals surface area contributed by atoms with Gasteiger partial charge in [0.15, 0.2) is 6.54 Å². The van der Waals surface area contributed by atoms with Crippen molar-refractivity contribution < 1.29 is 14.4 Å². The van der Waals surface area contributed by atoms with Crippen LogP contribution in [-0.2, 0) is 4.79 Å². The minimum Gasteiger partial charge on any atom is -0.492 e. The zero-order valence-corrected chi connectivity index (χ0v) is 15.6. The molecule has 1 heterocycles. The number of amides is 1. The fraction of sp³-hybridized carbons (Fsp3) is 0.381. The number of hydrogen-bond donors (Lipinski definition) is 2. The van der Waals surface area contributed by atoms with Gasteiger partial charge < -0.3 is 19.9 Å². The van der Waals surface area contributed by atoms with Crippen LogP contribution in [0.4, 0.5) is 11.4 Å². The first-order chi connectivity index (χ1) is 12.7. The smallest absolute Gasteiger partial charge is 0.279 e. The predicted octanol–water partition coefficient (Wildman–Crippen LogP) is 1.74. The van der Waals surface area contributed by atoms with Gasteiger partial charge in [-0.2, -0.15) is 0 Å². The zero-order chi connectivity index (χ0) is 18.4. The average molecular weight is 354 g/mol. The maximum atomic E-state index is 12.3. The second-order valence-corrected chi connectivity index (χ2v) is 6.73. The predicted molar refractivity (Wildman–Crippen MR) is 105 cm³/mol. The van der Waals surface area contributed by atoms with E-state index in [0.717, 1.165) is 48.9 Å². The van der Waals surface area contributed by atoms with Crippen molar-refractivity contribution in [2.45, 2.75) is 13.8 Å². The van der Waals surface area contributed by atoms with E-state index in [-0.39, 0.29) is 5.91 Å². The van der Waals surface area contributed by atoms with Crippen LogP contribution in [0.3, 0.4) is 0 Å². The van der Waals surface area contributed by atoms with Gasteiger partial charge in [0.2, 0.25) is 0 Å². The van der Waals surface area contributed by atoms with E-state index in [1.807, 2.05) is 56.3 Å². The quantitative estimate of drug-likeness (QED) is 0.831. The molecule has 2 aromatic carbocycles. The number of carbonyl (C=O) groups excluding carboxylic acids is 1. The molecule has 5 heteroatoms. The number of aryl methyl sites for hydroxylation is 1. The van der Waals surface area contributed by atoms with Gasteiger partial charge in [-0.3, -0.25) is 4.79 Å². The highest BCUT2D eigenvalue weighted by Crippen LogP contribution is 2.27. The number of hydrogen-bond acceptors (Lipinski definition) is 3. The Morgan fingerprint density at radius 1 is 1.15 bits per heavy atom. The summed E-state index contributed by atoms with van der Waals surface area (Å²) in [5.41, 5.74) is 3.17. The second-order valence-electron chi connectivity index (χ2n) is 6.73. The molecule has 2 N–H and O–H groups in total. The molecule has 0 aromatic heterocycles. The Kier molecular flexibility index (Phi) is 6.12. The molecular formula is C21H28N3O2+. The van der Waals surface area contributed by atoms with E-state index in [1.165, 1.54) is 4.90 Å². The lowest BCUT2D eigenvalue weighted by Crippen LogP contribution is -3.15. The van der Waals surface area contributed by atoms with Crippen LogP contribution >= 0.6 is 0 Å². The first-order valence-corrected chi connectivity index (χ1v) is 9.32. The number of quaternary nitrogens is 1. The van der Waals surface area contributed by atoms with Crippen LogP contribution in [0.15, 0.2) is 48.5 Å². The molecule has 138 valence electrons. The van der Waals surface area contributed by atoms with Gasteiger partial charge >= 0.3 is 0 Å². The standard InChI is InChI=1S/C21H27N3O2/c1-3-26-20-10-5-4-9-19(20)24-13-11-23(12-14-24)16-21(25)22-18-8-6-7-17(2)15-18/h4-10,15H,3,11-14,16H2,1-2H3,(H,22,25)/p+1. The molecule has 1 fully saturated rings. The molecule has 2 aromatic rings. The van der Waals surface area contributed by atoms with Gasteiger partial charge in [-0.15, -0.1) is 0 Å². The fourth-order valence-corrected chi connectivity index (χ4v) is 3.39. The molecule has 0 atom stereocenters. The largest absolute Gasteiger partial charge is 0.492 e. The molecule has 1 saturated heterocycles. The summed E-state index contributed by atoms with van der Waals surface area (Å²) >= 11 is 0. The maximum absolute atomic E-state index is 12.3. The van der Waals surface area contributed by atoms with E-state index >= 15 is 0 Å². The maximum Gasteiger partial charge on any atom is 0.279 e. The van der Waals surface area contributed by atoms with Gasteiger partial charge in [0.1, 0.15) is 5.75 Å². The highest BCUT2D eigenvalue weighted by molar-refractivity contribution is 5.91. The van der Waals surface area contributed by atoms with Crippen molar-refractivity contribution in [2.75, 3.05) is 49.5 Å². The minimum atomic E-state index is 0.0776. The molecule has 3 rings (SSSR count). The van der Waals surface area contributed by atoms with Crippen molar-refractivity contribution >= 4 is 17.3 Å². The van der Waals surface area contributed by atoms with Gasteiger partial charge in [-0.25, -0.2) is 0 Å². The lowest BCUT2D eigenvalue weighted by molar-refractivity contribution is -0.892. The Hall–Kier alpha value is -2.53. The van der Waals surface area contributed by atoms with Crippen LogP contribution in [0.2, 0.25) is 0 Å². The summed E-state index contributed by atoms with van der Waals surface area (Å²) in [7, 11) is 0. The first kappa shape index (κ1) is 18.3. The van der Waals surface area contributed by atoms with Crippen LogP contribution in [0.5, 0.6) is 5.75 Å². The summed E-state index contributed by atoms with van der Waals surface area (Å²) in [6.45, 7) is 8.96. The monoisotopic (exact) mass is 354 g/mol. The topological polar surface area (TPSA) is 46.0 Å². The van der Waals surface area contributed by atoms with Crippen molar-refractivity contribution in [2.24, 2.45) is 0 Å². The molecule has 1 aliphatic rings. The Bertz CT molecular complexity index is 740. The van der Waals surface area contributed by atoms with Crippen molar-refractivity contribution in [3.05, 3.63) is 54.1 Å². The second kappa shape index (κ2) is 8.72. The van der Waals surface area contributed by atoms with Crippen LogP contribution in [0.1, 0.15) is 12.5 Å². The minimum absolute atomic E-state index is 0.0776. The third-order valence-corrected chi connectivity index (χ3v) is 4.69. The number of rotatable bonds is 6. The molecule has 0 spiro atoms. The molecule has 5 nitrogen and oxygen atoms in total. The number of nitrogens with one attached hydrogen (secondary N) is 2. The number of para-hydroxylation sites is 2. The van der Waals surface area contributed by atoms with Gasteiger partial charge in [0.05, 0.1) is 38.5 Å². The third-order valence-electron chi connectivity index (χ3n) is 4.69. The molecule has 0 aliphatic carbocycles. The summed E-state index contributed by atoms with van der Waals surface area (Å²) in [6.07, 6.45) is 0. The summed E-state index contributed by atoms with van der Waals surface area (Å²) in [5.74, 6) is 1.02. The molecular weight excluding hydrogens is 326 g/mol. The lowest BCUT2D eigenvalue weighted by Gasteiger charge is -2.34. The van der Waals surface area contributed by atoms with E-state index in [2.05, 4.69) is 16.3 Å². The number of carbonyl (C=O) groups is 1. The van der Waals surface area contributed by atoms with Gasteiger partial charge in [0, 0.05) is 5.69 Å². The van der Waals surface area contributed by atoms with Crippen LogP contribution in [0.25, 0.3) is 0 Å². The van der Waals surface area contributed by atoms with Crippen LogP contribution in [0, 0.1) is 6.92 Å². The van der Waals surface area contributed by atoms with Crippen LogP contribution in [-0.4, -0.2) is 45.2 Å². The fourth-order valence-electron chi connectivity index (χ4n) is 3.39. The molecule has 26 heavy (non-hydrogen) atoms. The van der Waals surface area contributed by atoms with E-state index in [4.69, 9.17) is 4.74 Å². The number of benzene rings is 2. The Labute approximate surface area is 155 Å². The number of nitrogens with zero attached hydrogens (tertiary/aromatic N) is 1. The van der Waals surface area contributed by atoms with Crippen molar-refractivity contribution in [3.63, 3.8) is 0 Å². The molecule has 1 amide bonds. The third kappa shape index (κ3) is 4.76. The Morgan fingerprint density at radius 3 is 2.65 bits per heavy atom. The van der Waals surface area contributed by atoms with E-state index in [1.54, 1.807) is 0 Å². The van der Waals surface area contributed by atoms with E-state index < -0.39 is 0 Å². The highest BCUT2D eigenvalue weighted by atomic mass is 16.5. The Balaban J connectivity index is 1.52. The molecule has 1 aliphatic heterocycles. The average Bonchev–Trinajstić information content (AvgIpc) is 2.63. The van der Waals surface area contributed by atoms with Crippen molar-refractivity contribution in [1.82, 2.24) is 0 Å². The lowest BCUT2D eigenvalue weighted by atomic mass is 10.2. The Morgan fingerprint density at radius 2 is 1.92 bits per heavy atom. The van der Waals surface area contributed by atoms with Gasteiger partial charge in [-0.1, -0.05) is 24.3 Å². The molecule has 0 saturated carbocycles. The number of anilines is 2. The van der Waals surface area contributed by atoms with Gasteiger partial charge in [-0.05, 0) is 43.7 Å². The summed E-state index contributed by atoms with van der Waals surface area (Å²) in [4.78, 5) is 16.0. The summed E-state index contributed by atoms with van der Waals surface area (Å²) in [5, 5.41) is 3.01. The van der Waals surface area contributed by atoms with Crippen molar-refractivity contribution in [1.29, 1.82) is 0 Å². The highest BCUT2D eigenvalue weighted by Gasteiger charge is 2.24.